The second-order valence-electron chi connectivity index (χ2n) is 8.79. The van der Waals surface area contributed by atoms with Gasteiger partial charge >= 0.3 is 0 Å². The van der Waals surface area contributed by atoms with Gasteiger partial charge in [-0.15, -0.1) is 0 Å². The fraction of sp³-hybridized carbons (Fsp3) is 0.737. The lowest BCUT2D eigenvalue weighted by Gasteiger charge is -2.54. The third-order valence-corrected chi connectivity index (χ3v) is 7.75. The van der Waals surface area contributed by atoms with Crippen molar-refractivity contribution >= 4 is 5.78 Å². The molecule has 7 atom stereocenters. The van der Waals surface area contributed by atoms with Gasteiger partial charge in [-0.1, -0.05) is 24.2 Å². The van der Waals surface area contributed by atoms with Crippen LogP contribution in [-0.2, 0) is 9.53 Å². The minimum atomic E-state index is -1.12. The van der Waals surface area contributed by atoms with E-state index in [4.69, 9.17) is 10.3 Å². The van der Waals surface area contributed by atoms with Crippen molar-refractivity contribution in [3.8, 4) is 0 Å². The van der Waals surface area contributed by atoms with Crippen LogP contribution in [0.1, 0.15) is 45.4 Å². The highest BCUT2D eigenvalue weighted by Gasteiger charge is 2.68. The minimum Gasteiger partial charge on any atom is -0.390 e. The first-order valence-electron chi connectivity index (χ1n) is 9.43. The first-order valence-corrected chi connectivity index (χ1v) is 9.43. The summed E-state index contributed by atoms with van der Waals surface area (Å²) in [6.45, 7) is 2.06. The Hall–Kier alpha value is -1.66. The molecule has 138 valence electrons. The molecule has 2 saturated carbocycles. The second-order valence-corrected chi connectivity index (χ2v) is 8.79. The Morgan fingerprint density at radius 2 is 2.19 bits per heavy atom. The lowest BCUT2D eigenvalue weighted by molar-refractivity contribution is -0.159. The van der Waals surface area contributed by atoms with E-state index in [0.717, 1.165) is 18.4 Å². The van der Waals surface area contributed by atoms with E-state index in [1.165, 1.54) is 0 Å². The van der Waals surface area contributed by atoms with E-state index in [9.17, 15) is 15.0 Å². The molecule has 3 fully saturated rings. The molecule has 0 aromatic rings. The number of azide groups is 1. The van der Waals surface area contributed by atoms with Gasteiger partial charge in [0.05, 0.1) is 23.3 Å². The fourth-order valence-electron chi connectivity index (χ4n) is 6.39. The zero-order valence-corrected chi connectivity index (χ0v) is 14.8. The molecule has 2 N–H and O–H groups in total. The zero-order valence-electron chi connectivity index (χ0n) is 14.8. The van der Waals surface area contributed by atoms with E-state index in [2.05, 4.69) is 23.0 Å². The molecule has 2 spiro atoms. The lowest BCUT2D eigenvalue weighted by Crippen LogP contribution is -2.59. The van der Waals surface area contributed by atoms with Gasteiger partial charge in [0.2, 0.25) is 0 Å². The normalized spacial score (nSPS) is 51.6. The average molecular weight is 357 g/mol. The highest BCUT2D eigenvalue weighted by atomic mass is 16.5. The molecule has 2 heterocycles. The summed E-state index contributed by atoms with van der Waals surface area (Å²) in [5, 5.41) is 24.8. The van der Waals surface area contributed by atoms with Crippen molar-refractivity contribution in [1.29, 1.82) is 0 Å². The van der Waals surface area contributed by atoms with Gasteiger partial charge in [-0.2, -0.15) is 0 Å². The first-order chi connectivity index (χ1) is 12.4. The Balaban J connectivity index is 1.64. The van der Waals surface area contributed by atoms with Crippen LogP contribution in [-0.4, -0.2) is 45.4 Å². The second kappa shape index (κ2) is 4.98. The van der Waals surface area contributed by atoms with Gasteiger partial charge in [0, 0.05) is 22.7 Å². The number of fused-ring (bicyclic) bond motifs is 1. The predicted octanol–water partition coefficient (Wildman–Crippen LogP) is 2.33. The van der Waals surface area contributed by atoms with E-state index >= 15 is 0 Å². The number of aliphatic hydroxyl groups is 2. The fourth-order valence-corrected chi connectivity index (χ4v) is 6.39. The Labute approximate surface area is 151 Å². The third-order valence-electron chi connectivity index (χ3n) is 7.75. The van der Waals surface area contributed by atoms with E-state index < -0.39 is 29.5 Å². The summed E-state index contributed by atoms with van der Waals surface area (Å²) in [4.78, 5) is 15.4. The Kier molecular flexibility index (Phi) is 3.17. The van der Waals surface area contributed by atoms with E-state index in [-0.39, 0.29) is 11.3 Å². The SMILES string of the molecule is C[C@]12CC=C3C=C4[C@@H](O)[C@H](O)[C@@H](N=[N+]=[N-])C[C@]45CC[C@]3(O5)[C@@H]1CCC2=O. The molecule has 0 aromatic carbocycles. The van der Waals surface area contributed by atoms with Gasteiger partial charge in [0.25, 0.3) is 0 Å². The predicted molar refractivity (Wildman–Crippen MR) is 92.0 cm³/mol. The van der Waals surface area contributed by atoms with Crippen LogP contribution in [0.25, 0.3) is 10.4 Å². The number of hydrogen-bond acceptors (Lipinski definition) is 5. The van der Waals surface area contributed by atoms with Crippen molar-refractivity contribution in [1.82, 2.24) is 0 Å². The molecule has 0 unspecified atom stereocenters. The van der Waals surface area contributed by atoms with E-state index in [0.29, 0.717) is 37.0 Å². The first kappa shape index (κ1) is 16.5. The Bertz CT molecular complexity index is 816. The quantitative estimate of drug-likeness (QED) is 0.425. The van der Waals surface area contributed by atoms with Gasteiger partial charge in [-0.05, 0) is 48.8 Å². The van der Waals surface area contributed by atoms with Crippen molar-refractivity contribution in [3.63, 3.8) is 0 Å². The van der Waals surface area contributed by atoms with E-state index in [1.807, 2.05) is 6.08 Å². The van der Waals surface area contributed by atoms with Crippen LogP contribution < -0.4 is 0 Å². The summed E-state index contributed by atoms with van der Waals surface area (Å²) in [5.74, 6) is 0.458. The summed E-state index contributed by atoms with van der Waals surface area (Å²) in [6.07, 6.45) is 5.87. The average Bonchev–Trinajstić information content (AvgIpc) is 3.09. The monoisotopic (exact) mass is 357 g/mol. The van der Waals surface area contributed by atoms with Crippen molar-refractivity contribution in [2.75, 3.05) is 0 Å². The number of carbonyl (C=O) groups excluding carboxylic acids is 1. The lowest BCUT2D eigenvalue weighted by atomic mass is 9.61. The number of ether oxygens (including phenoxy) is 1. The van der Waals surface area contributed by atoms with Gasteiger partial charge < -0.3 is 14.9 Å². The highest BCUT2D eigenvalue weighted by Crippen LogP contribution is 2.65. The molecule has 5 aliphatic rings. The molecule has 1 saturated heterocycles. The number of ketones is 1. The maximum Gasteiger partial charge on any atom is 0.139 e. The standard InChI is InChI=1S/C19H23N3O4/c1-17-5-4-10-8-11-15(24)16(25)12(21-22-20)9-18(11)6-7-19(10,26-18)13(17)2-3-14(17)23/h4,8,12-13,15-16,24-25H,2-3,5-7,9H2,1H3/t12-,13+,15+,16+,17-,18+,19+/m0/s1. The topological polar surface area (TPSA) is 116 Å². The number of carbonyl (C=O) groups is 1. The molecule has 2 aliphatic heterocycles. The number of allylic oxidation sites excluding steroid dienone is 1. The van der Waals surface area contributed by atoms with Crippen LogP contribution in [0.4, 0.5) is 0 Å². The van der Waals surface area contributed by atoms with Crippen LogP contribution in [0.2, 0.25) is 0 Å². The van der Waals surface area contributed by atoms with Gasteiger partial charge in [-0.3, -0.25) is 4.79 Å². The van der Waals surface area contributed by atoms with Gasteiger partial charge in [0.1, 0.15) is 11.9 Å². The molecule has 0 aromatic heterocycles. The summed E-state index contributed by atoms with van der Waals surface area (Å²) in [6, 6.07) is -0.715. The van der Waals surface area contributed by atoms with Crippen LogP contribution in [0.3, 0.4) is 0 Å². The number of Topliss-reactive ketones (excluding diaryl/α,β-unsaturated/α-hetero) is 1. The van der Waals surface area contributed by atoms with Crippen molar-refractivity contribution < 1.29 is 19.7 Å². The smallest absolute Gasteiger partial charge is 0.139 e. The zero-order chi connectivity index (χ0) is 18.3. The van der Waals surface area contributed by atoms with Crippen molar-refractivity contribution in [2.24, 2.45) is 16.4 Å². The summed E-state index contributed by atoms with van der Waals surface area (Å²) < 4.78 is 6.76. The molecule has 0 radical (unpaired) electrons. The Morgan fingerprint density at radius 3 is 2.96 bits per heavy atom. The Morgan fingerprint density at radius 1 is 1.38 bits per heavy atom. The van der Waals surface area contributed by atoms with E-state index in [1.54, 1.807) is 0 Å². The van der Waals surface area contributed by atoms with Gasteiger partial charge in [-0.25, -0.2) is 0 Å². The summed E-state index contributed by atoms with van der Waals surface area (Å²) >= 11 is 0. The molecule has 7 nitrogen and oxygen atoms in total. The molecular formula is C19H23N3O4. The van der Waals surface area contributed by atoms with Crippen molar-refractivity contribution in [2.45, 2.75) is 74.9 Å². The molecule has 3 aliphatic carbocycles. The minimum absolute atomic E-state index is 0.140. The molecule has 7 heteroatoms. The largest absolute Gasteiger partial charge is 0.390 e. The molecule has 2 bridgehead atoms. The summed E-state index contributed by atoms with van der Waals surface area (Å²) in [5.41, 5.74) is 8.98. The van der Waals surface area contributed by atoms with Crippen LogP contribution in [0, 0.1) is 11.3 Å². The molecular weight excluding hydrogens is 334 g/mol. The number of aliphatic hydroxyl groups excluding tert-OH is 2. The summed E-state index contributed by atoms with van der Waals surface area (Å²) in [7, 11) is 0. The molecule has 0 amide bonds. The van der Waals surface area contributed by atoms with Crippen LogP contribution in [0.15, 0.2) is 28.4 Å². The maximum absolute atomic E-state index is 12.6. The highest BCUT2D eigenvalue weighted by molar-refractivity contribution is 5.88. The molecule has 26 heavy (non-hydrogen) atoms. The number of hydrogen-bond donors (Lipinski definition) is 2. The number of nitrogens with zero attached hydrogens (tertiary/aromatic N) is 3. The maximum atomic E-state index is 12.6. The number of rotatable bonds is 1. The van der Waals surface area contributed by atoms with Crippen LogP contribution >= 0.6 is 0 Å². The van der Waals surface area contributed by atoms with Crippen LogP contribution in [0.5, 0.6) is 0 Å². The third kappa shape index (κ3) is 1.75. The molecule has 5 rings (SSSR count). The van der Waals surface area contributed by atoms with Gasteiger partial charge in [0.15, 0.2) is 0 Å². The van der Waals surface area contributed by atoms with Crippen molar-refractivity contribution in [3.05, 3.63) is 33.7 Å².